The Kier molecular flexibility index (Phi) is 6.91. The number of aromatic nitrogens is 2. The largest absolute Gasteiger partial charge is 0.491 e. The molecule has 0 bridgehead atoms. The summed E-state index contributed by atoms with van der Waals surface area (Å²) >= 11 is 6.36. The van der Waals surface area contributed by atoms with Gasteiger partial charge in [0.2, 0.25) is 0 Å². The van der Waals surface area contributed by atoms with E-state index in [1.807, 2.05) is 20.8 Å². The third-order valence-electron chi connectivity index (χ3n) is 5.14. The van der Waals surface area contributed by atoms with E-state index in [-0.39, 0.29) is 22.2 Å². The molecule has 0 radical (unpaired) electrons. The lowest BCUT2D eigenvalue weighted by Crippen LogP contribution is -2.20. The van der Waals surface area contributed by atoms with Gasteiger partial charge in [0.25, 0.3) is 5.56 Å². The fraction of sp³-hybridized carbons (Fsp3) is 0.222. The zero-order chi connectivity index (χ0) is 26.1. The molecule has 0 N–H and O–H groups in total. The number of benzene rings is 3. The van der Waals surface area contributed by atoms with E-state index in [0.717, 1.165) is 16.8 Å². The molecule has 0 saturated heterocycles. The lowest BCUT2D eigenvalue weighted by molar-refractivity contribution is -0.137. The zero-order valence-electron chi connectivity index (χ0n) is 19.8. The van der Waals surface area contributed by atoms with Crippen LogP contribution < -0.4 is 10.3 Å². The highest BCUT2D eigenvalue weighted by Gasteiger charge is 2.31. The molecule has 4 rings (SSSR count). The number of halogens is 4. The SMILES string of the molecule is CC(C)(C)COc1ccc(C=Nn2c(-c3cccc(C(F)(F)F)c3)nc3ccccc3c2=O)cc1Cl. The molecule has 0 saturated carbocycles. The van der Waals surface area contributed by atoms with Crippen LogP contribution in [0.1, 0.15) is 31.9 Å². The molecule has 36 heavy (non-hydrogen) atoms. The minimum absolute atomic E-state index is 0.0164. The average Bonchev–Trinajstić information content (AvgIpc) is 2.82. The first-order valence-electron chi connectivity index (χ1n) is 11.1. The Hall–Kier alpha value is -3.65. The Morgan fingerprint density at radius 2 is 1.78 bits per heavy atom. The van der Waals surface area contributed by atoms with Gasteiger partial charge >= 0.3 is 6.18 Å². The quantitative estimate of drug-likeness (QED) is 0.269. The molecular formula is C27H23ClF3N3O2. The fourth-order valence-electron chi connectivity index (χ4n) is 3.39. The molecule has 0 atom stereocenters. The van der Waals surface area contributed by atoms with Crippen molar-refractivity contribution in [3.63, 3.8) is 0 Å². The Morgan fingerprint density at radius 1 is 1.03 bits per heavy atom. The Bertz CT molecular complexity index is 1510. The molecule has 9 heteroatoms. The number of hydrogen-bond acceptors (Lipinski definition) is 4. The number of alkyl halides is 3. The van der Waals surface area contributed by atoms with Gasteiger partial charge < -0.3 is 4.74 Å². The van der Waals surface area contributed by atoms with Crippen LogP contribution in [0.2, 0.25) is 5.02 Å². The molecule has 0 spiro atoms. The summed E-state index contributed by atoms with van der Waals surface area (Å²) in [7, 11) is 0. The Balaban J connectivity index is 1.78. The summed E-state index contributed by atoms with van der Waals surface area (Å²) in [6.07, 6.45) is -3.15. The molecule has 5 nitrogen and oxygen atoms in total. The molecule has 1 aromatic heterocycles. The van der Waals surface area contributed by atoms with E-state index in [1.54, 1.807) is 42.5 Å². The molecule has 1 heterocycles. The highest BCUT2D eigenvalue weighted by atomic mass is 35.5. The van der Waals surface area contributed by atoms with Crippen molar-refractivity contribution in [2.24, 2.45) is 10.5 Å². The van der Waals surface area contributed by atoms with Crippen molar-refractivity contribution in [2.45, 2.75) is 26.9 Å². The molecule has 4 aromatic rings. The number of hydrogen-bond donors (Lipinski definition) is 0. The maximum Gasteiger partial charge on any atom is 0.416 e. The van der Waals surface area contributed by atoms with E-state index in [2.05, 4.69) is 10.1 Å². The van der Waals surface area contributed by atoms with E-state index < -0.39 is 17.3 Å². The van der Waals surface area contributed by atoms with Crippen LogP contribution in [-0.2, 0) is 6.18 Å². The van der Waals surface area contributed by atoms with Crippen LogP contribution in [0, 0.1) is 5.41 Å². The van der Waals surface area contributed by atoms with Crippen LogP contribution in [0.4, 0.5) is 13.2 Å². The van der Waals surface area contributed by atoms with Crippen LogP contribution in [-0.4, -0.2) is 22.5 Å². The van der Waals surface area contributed by atoms with Gasteiger partial charge in [0.05, 0.1) is 34.3 Å². The smallest absolute Gasteiger partial charge is 0.416 e. The van der Waals surface area contributed by atoms with Gasteiger partial charge in [-0.25, -0.2) is 4.98 Å². The van der Waals surface area contributed by atoms with Gasteiger partial charge in [-0.05, 0) is 53.4 Å². The van der Waals surface area contributed by atoms with Crippen LogP contribution in [0.5, 0.6) is 5.75 Å². The number of rotatable bonds is 5. The monoisotopic (exact) mass is 513 g/mol. The first kappa shape index (κ1) is 25.4. The molecule has 0 fully saturated rings. The Morgan fingerprint density at radius 3 is 2.47 bits per heavy atom. The van der Waals surface area contributed by atoms with E-state index in [9.17, 15) is 18.0 Å². The predicted octanol–water partition coefficient (Wildman–Crippen LogP) is 7.04. The molecule has 0 aliphatic heterocycles. The highest BCUT2D eigenvalue weighted by molar-refractivity contribution is 6.32. The highest BCUT2D eigenvalue weighted by Crippen LogP contribution is 2.32. The Labute approximate surface area is 210 Å². The molecule has 0 amide bonds. The van der Waals surface area contributed by atoms with Gasteiger partial charge in [0, 0.05) is 5.56 Å². The maximum absolute atomic E-state index is 13.3. The summed E-state index contributed by atoms with van der Waals surface area (Å²) in [5, 5.41) is 4.94. The van der Waals surface area contributed by atoms with Crippen molar-refractivity contribution in [3.05, 3.63) is 93.2 Å². The van der Waals surface area contributed by atoms with Gasteiger partial charge in [-0.2, -0.15) is 22.9 Å². The normalized spacial score (nSPS) is 12.4. The lowest BCUT2D eigenvalue weighted by Gasteiger charge is -2.19. The van der Waals surface area contributed by atoms with Crippen molar-refractivity contribution in [1.82, 2.24) is 9.66 Å². The number of nitrogens with zero attached hydrogens (tertiary/aromatic N) is 3. The van der Waals surface area contributed by atoms with Gasteiger partial charge in [-0.15, -0.1) is 0 Å². The third kappa shape index (κ3) is 5.76. The van der Waals surface area contributed by atoms with Crippen molar-refractivity contribution >= 4 is 28.7 Å². The maximum atomic E-state index is 13.3. The van der Waals surface area contributed by atoms with Crippen molar-refractivity contribution in [1.29, 1.82) is 0 Å². The van der Waals surface area contributed by atoms with Gasteiger partial charge in [0.1, 0.15) is 5.75 Å². The zero-order valence-corrected chi connectivity index (χ0v) is 20.6. The summed E-state index contributed by atoms with van der Waals surface area (Å²) in [6.45, 7) is 6.59. The second-order valence-corrected chi connectivity index (χ2v) is 9.84. The van der Waals surface area contributed by atoms with Crippen molar-refractivity contribution in [3.8, 4) is 17.1 Å². The minimum atomic E-state index is -4.55. The lowest BCUT2D eigenvalue weighted by atomic mass is 9.99. The number of fused-ring (bicyclic) bond motifs is 1. The van der Waals surface area contributed by atoms with Gasteiger partial charge in [0.15, 0.2) is 5.82 Å². The van der Waals surface area contributed by atoms with Crippen molar-refractivity contribution < 1.29 is 17.9 Å². The second-order valence-electron chi connectivity index (χ2n) is 9.43. The minimum Gasteiger partial charge on any atom is -0.491 e. The third-order valence-corrected chi connectivity index (χ3v) is 5.44. The van der Waals surface area contributed by atoms with E-state index in [0.29, 0.717) is 28.5 Å². The number of para-hydroxylation sites is 1. The van der Waals surface area contributed by atoms with Crippen LogP contribution in [0.15, 0.2) is 76.6 Å². The van der Waals surface area contributed by atoms with Crippen LogP contribution >= 0.6 is 11.6 Å². The van der Waals surface area contributed by atoms with Gasteiger partial charge in [-0.3, -0.25) is 4.79 Å². The second kappa shape index (κ2) is 9.78. The van der Waals surface area contributed by atoms with E-state index in [4.69, 9.17) is 16.3 Å². The molecular weight excluding hydrogens is 491 g/mol. The van der Waals surface area contributed by atoms with E-state index >= 15 is 0 Å². The average molecular weight is 514 g/mol. The molecule has 0 aliphatic rings. The van der Waals surface area contributed by atoms with E-state index in [1.165, 1.54) is 18.3 Å². The summed E-state index contributed by atoms with van der Waals surface area (Å²) in [4.78, 5) is 17.7. The summed E-state index contributed by atoms with van der Waals surface area (Å²) < 4.78 is 46.8. The molecule has 186 valence electrons. The predicted molar refractivity (Wildman–Crippen MR) is 136 cm³/mol. The summed E-state index contributed by atoms with van der Waals surface area (Å²) in [6, 6.07) is 16.3. The summed E-state index contributed by atoms with van der Waals surface area (Å²) in [5.41, 5.74) is -0.388. The first-order chi connectivity index (χ1) is 16.9. The topological polar surface area (TPSA) is 56.5 Å². The molecule has 3 aromatic carbocycles. The standard InChI is InChI=1S/C27H23ClF3N3O2/c1-26(2,3)16-36-23-12-11-17(13-21(23)28)15-32-34-24(18-7-6-8-19(14-18)27(29,30)31)33-22-10-5-4-9-20(22)25(34)35/h4-15H,16H2,1-3H3. The van der Waals surface area contributed by atoms with Crippen LogP contribution in [0.25, 0.3) is 22.3 Å². The van der Waals surface area contributed by atoms with Crippen molar-refractivity contribution in [2.75, 3.05) is 6.61 Å². The molecule has 0 unspecified atom stereocenters. The fourth-order valence-corrected chi connectivity index (χ4v) is 3.63. The molecule has 0 aliphatic carbocycles. The van der Waals surface area contributed by atoms with Crippen LogP contribution in [0.3, 0.4) is 0 Å². The van der Waals surface area contributed by atoms with Gasteiger partial charge in [-0.1, -0.05) is 56.6 Å². The number of ether oxygens (including phenoxy) is 1. The summed E-state index contributed by atoms with van der Waals surface area (Å²) in [5.74, 6) is 0.496. The first-order valence-corrected chi connectivity index (χ1v) is 11.5.